The van der Waals surface area contributed by atoms with Crippen LogP contribution in [0, 0.1) is 13.8 Å². The zero-order valence-electron chi connectivity index (χ0n) is 12.8. The SMILES string of the molecule is Cc1nc2ccccc2c(C)c1C(=O)O[C@@H]1C[C@H](C)OC1=O. The molecule has 22 heavy (non-hydrogen) atoms. The van der Waals surface area contributed by atoms with Crippen molar-refractivity contribution < 1.29 is 19.1 Å². The predicted octanol–water partition coefficient (Wildman–Crippen LogP) is 2.71. The van der Waals surface area contributed by atoms with Crippen LogP contribution in [0.5, 0.6) is 0 Å². The number of ether oxygens (including phenoxy) is 2. The predicted molar refractivity (Wildman–Crippen MR) is 80.6 cm³/mol. The molecule has 1 aromatic carbocycles. The fraction of sp³-hybridized carbons (Fsp3) is 0.353. The van der Waals surface area contributed by atoms with Gasteiger partial charge < -0.3 is 9.47 Å². The van der Waals surface area contributed by atoms with Gasteiger partial charge in [-0.05, 0) is 32.4 Å². The number of aryl methyl sites for hydroxylation is 2. The van der Waals surface area contributed by atoms with Gasteiger partial charge in [-0.15, -0.1) is 0 Å². The maximum absolute atomic E-state index is 12.5. The number of pyridine rings is 1. The molecule has 1 aromatic heterocycles. The van der Waals surface area contributed by atoms with Crippen LogP contribution in [0.4, 0.5) is 0 Å². The van der Waals surface area contributed by atoms with Crippen LogP contribution in [0.1, 0.15) is 35.0 Å². The summed E-state index contributed by atoms with van der Waals surface area (Å²) >= 11 is 0. The molecule has 0 spiro atoms. The molecule has 1 fully saturated rings. The normalized spacial score (nSPS) is 21.0. The minimum absolute atomic E-state index is 0.220. The van der Waals surface area contributed by atoms with Crippen molar-refractivity contribution in [2.24, 2.45) is 0 Å². The Labute approximate surface area is 128 Å². The molecule has 1 aliphatic rings. The number of hydrogen-bond donors (Lipinski definition) is 0. The number of nitrogens with zero attached hydrogens (tertiary/aromatic N) is 1. The molecule has 2 heterocycles. The van der Waals surface area contributed by atoms with Crippen LogP contribution in [0.15, 0.2) is 24.3 Å². The van der Waals surface area contributed by atoms with Crippen molar-refractivity contribution in [2.75, 3.05) is 0 Å². The molecule has 0 bridgehead atoms. The standard InChI is InChI=1S/C17H17NO4/c1-9-8-14(16(19)21-9)22-17(20)15-10(2)12-6-4-5-7-13(12)18-11(15)3/h4-7,9,14H,8H2,1-3H3/t9-,14+/m0/s1. The van der Waals surface area contributed by atoms with E-state index in [0.29, 0.717) is 17.7 Å². The lowest BCUT2D eigenvalue weighted by Gasteiger charge is -2.13. The van der Waals surface area contributed by atoms with E-state index in [-0.39, 0.29) is 6.10 Å². The van der Waals surface area contributed by atoms with Gasteiger partial charge in [-0.25, -0.2) is 9.59 Å². The Morgan fingerprint density at radius 1 is 1.32 bits per heavy atom. The number of benzene rings is 1. The first-order valence-electron chi connectivity index (χ1n) is 7.24. The molecule has 1 aliphatic heterocycles. The molecule has 5 nitrogen and oxygen atoms in total. The molecule has 2 aromatic rings. The van der Waals surface area contributed by atoms with Crippen LogP contribution >= 0.6 is 0 Å². The largest absolute Gasteiger partial charge is 0.460 e. The third-order valence-corrected chi connectivity index (χ3v) is 3.91. The number of aromatic nitrogens is 1. The second kappa shape index (κ2) is 5.40. The van der Waals surface area contributed by atoms with E-state index in [0.717, 1.165) is 16.5 Å². The molecule has 3 rings (SSSR count). The lowest BCUT2D eigenvalue weighted by atomic mass is 10.0. The van der Waals surface area contributed by atoms with E-state index in [1.165, 1.54) is 0 Å². The number of hydrogen-bond acceptors (Lipinski definition) is 5. The Kier molecular flexibility index (Phi) is 3.56. The highest BCUT2D eigenvalue weighted by Crippen LogP contribution is 2.25. The topological polar surface area (TPSA) is 65.5 Å². The number of para-hydroxylation sites is 1. The van der Waals surface area contributed by atoms with E-state index >= 15 is 0 Å². The van der Waals surface area contributed by atoms with Crippen molar-refractivity contribution in [3.63, 3.8) is 0 Å². The second-order valence-corrected chi connectivity index (χ2v) is 5.59. The summed E-state index contributed by atoms with van der Waals surface area (Å²) in [6.45, 7) is 5.41. The van der Waals surface area contributed by atoms with Crippen molar-refractivity contribution in [1.29, 1.82) is 0 Å². The number of cyclic esters (lactones) is 1. The van der Waals surface area contributed by atoms with Crippen LogP contribution < -0.4 is 0 Å². The van der Waals surface area contributed by atoms with Crippen LogP contribution in [0.2, 0.25) is 0 Å². The van der Waals surface area contributed by atoms with Crippen molar-refractivity contribution in [2.45, 2.75) is 39.4 Å². The van der Waals surface area contributed by atoms with Crippen molar-refractivity contribution in [3.8, 4) is 0 Å². The fourth-order valence-corrected chi connectivity index (χ4v) is 2.84. The van der Waals surface area contributed by atoms with E-state index in [1.807, 2.05) is 31.2 Å². The third-order valence-electron chi connectivity index (χ3n) is 3.91. The maximum Gasteiger partial charge on any atom is 0.347 e. The van der Waals surface area contributed by atoms with Crippen LogP contribution in [0.3, 0.4) is 0 Å². The highest BCUT2D eigenvalue weighted by Gasteiger charge is 2.35. The summed E-state index contributed by atoms with van der Waals surface area (Å²) < 4.78 is 10.3. The summed E-state index contributed by atoms with van der Waals surface area (Å²) in [6, 6.07) is 7.62. The third kappa shape index (κ3) is 2.43. The number of rotatable bonds is 2. The van der Waals surface area contributed by atoms with Gasteiger partial charge in [-0.1, -0.05) is 18.2 Å². The van der Waals surface area contributed by atoms with E-state index < -0.39 is 18.0 Å². The first kappa shape index (κ1) is 14.5. The average Bonchev–Trinajstić information content (AvgIpc) is 2.76. The fourth-order valence-electron chi connectivity index (χ4n) is 2.84. The van der Waals surface area contributed by atoms with Gasteiger partial charge in [0.05, 0.1) is 16.8 Å². The Hall–Kier alpha value is -2.43. The molecular weight excluding hydrogens is 282 g/mol. The van der Waals surface area contributed by atoms with Gasteiger partial charge >= 0.3 is 11.9 Å². The monoisotopic (exact) mass is 299 g/mol. The highest BCUT2D eigenvalue weighted by molar-refractivity contribution is 5.99. The van der Waals surface area contributed by atoms with E-state index in [4.69, 9.17) is 9.47 Å². The molecule has 0 aliphatic carbocycles. The molecule has 1 saturated heterocycles. The van der Waals surface area contributed by atoms with E-state index in [9.17, 15) is 9.59 Å². The molecule has 5 heteroatoms. The van der Waals surface area contributed by atoms with Crippen molar-refractivity contribution in [1.82, 2.24) is 4.98 Å². The molecule has 114 valence electrons. The number of esters is 2. The van der Waals surface area contributed by atoms with Gasteiger partial charge in [0.25, 0.3) is 0 Å². The molecule has 0 unspecified atom stereocenters. The lowest BCUT2D eigenvalue weighted by Crippen LogP contribution is -2.24. The van der Waals surface area contributed by atoms with Gasteiger partial charge in [0, 0.05) is 11.8 Å². The number of fused-ring (bicyclic) bond motifs is 1. The summed E-state index contributed by atoms with van der Waals surface area (Å²) in [4.78, 5) is 28.5. The molecular formula is C17H17NO4. The quantitative estimate of drug-likeness (QED) is 0.798. The van der Waals surface area contributed by atoms with Gasteiger partial charge in [0.1, 0.15) is 6.10 Å². The summed E-state index contributed by atoms with van der Waals surface area (Å²) in [5, 5.41) is 0.905. The Bertz CT molecular complexity index is 769. The summed E-state index contributed by atoms with van der Waals surface area (Å²) in [5.41, 5.74) is 2.67. The van der Waals surface area contributed by atoms with Gasteiger partial charge in [-0.3, -0.25) is 4.98 Å². The number of carbonyl (C=O) groups is 2. The molecule has 0 amide bonds. The minimum Gasteiger partial charge on any atom is -0.460 e. The van der Waals surface area contributed by atoms with E-state index in [1.54, 1.807) is 13.8 Å². The smallest absolute Gasteiger partial charge is 0.347 e. The zero-order chi connectivity index (χ0) is 15.9. The van der Waals surface area contributed by atoms with Crippen molar-refractivity contribution >= 4 is 22.8 Å². The molecule has 0 N–H and O–H groups in total. The average molecular weight is 299 g/mol. The number of carbonyl (C=O) groups excluding carboxylic acids is 2. The van der Waals surface area contributed by atoms with Gasteiger partial charge in [0.15, 0.2) is 0 Å². The van der Waals surface area contributed by atoms with Crippen molar-refractivity contribution in [3.05, 3.63) is 41.1 Å². The van der Waals surface area contributed by atoms with Crippen LogP contribution in [0.25, 0.3) is 10.9 Å². The Morgan fingerprint density at radius 3 is 2.73 bits per heavy atom. The summed E-state index contributed by atoms with van der Waals surface area (Å²) in [5.74, 6) is -1.01. The first-order chi connectivity index (χ1) is 10.5. The Balaban J connectivity index is 1.96. The zero-order valence-corrected chi connectivity index (χ0v) is 12.8. The van der Waals surface area contributed by atoms with E-state index in [2.05, 4.69) is 4.98 Å². The molecule has 2 atom stereocenters. The van der Waals surface area contributed by atoms with Gasteiger partial charge in [-0.2, -0.15) is 0 Å². The summed E-state index contributed by atoms with van der Waals surface area (Å²) in [7, 11) is 0. The Morgan fingerprint density at radius 2 is 2.05 bits per heavy atom. The lowest BCUT2D eigenvalue weighted by molar-refractivity contribution is -0.147. The molecule has 0 radical (unpaired) electrons. The van der Waals surface area contributed by atoms with Gasteiger partial charge in [0.2, 0.25) is 6.10 Å². The maximum atomic E-state index is 12.5. The minimum atomic E-state index is -0.826. The first-order valence-corrected chi connectivity index (χ1v) is 7.24. The molecule has 0 saturated carbocycles. The highest BCUT2D eigenvalue weighted by atomic mass is 16.6. The summed E-state index contributed by atoms with van der Waals surface area (Å²) in [6.07, 6.45) is -0.654. The van der Waals surface area contributed by atoms with Crippen LogP contribution in [-0.2, 0) is 14.3 Å². The second-order valence-electron chi connectivity index (χ2n) is 5.59. The van der Waals surface area contributed by atoms with Crippen LogP contribution in [-0.4, -0.2) is 29.1 Å².